The molecule has 0 aliphatic rings. The van der Waals surface area contributed by atoms with Crippen molar-refractivity contribution in [1.29, 1.82) is 0 Å². The third-order valence-corrected chi connectivity index (χ3v) is 4.25. The lowest BCUT2D eigenvalue weighted by Gasteiger charge is -2.27. The van der Waals surface area contributed by atoms with Crippen LogP contribution in [-0.4, -0.2) is 22.1 Å². The maximum absolute atomic E-state index is 12.3. The standard InChI is InChI=1S/C21H23N3O5/c1-13(2)11-21(27,24-20(26)28-12-14-6-4-3-5-7-14)19-23-16-10-15(18(22)25)8-9-17(16)29-19/h3-10,13,27H,11-12H2,1-2H3,(H2,22,25)(H,24,26). The average molecular weight is 397 g/mol. The van der Waals surface area contributed by atoms with E-state index in [1.165, 1.54) is 18.2 Å². The predicted molar refractivity (Wildman–Crippen MR) is 106 cm³/mol. The van der Waals surface area contributed by atoms with E-state index in [1.807, 2.05) is 44.2 Å². The van der Waals surface area contributed by atoms with Crippen molar-refractivity contribution < 1.29 is 23.8 Å². The largest absolute Gasteiger partial charge is 0.445 e. The van der Waals surface area contributed by atoms with E-state index in [2.05, 4.69) is 10.3 Å². The molecule has 0 aliphatic heterocycles. The van der Waals surface area contributed by atoms with Gasteiger partial charge in [0, 0.05) is 12.0 Å². The Bertz CT molecular complexity index is 1020. The van der Waals surface area contributed by atoms with Gasteiger partial charge in [-0.2, -0.15) is 0 Å². The number of alkyl carbamates (subject to hydrolysis) is 1. The van der Waals surface area contributed by atoms with Crippen molar-refractivity contribution >= 4 is 23.1 Å². The fourth-order valence-electron chi connectivity index (χ4n) is 2.97. The van der Waals surface area contributed by atoms with Gasteiger partial charge in [-0.25, -0.2) is 9.78 Å². The number of benzene rings is 2. The summed E-state index contributed by atoms with van der Waals surface area (Å²) >= 11 is 0. The van der Waals surface area contributed by atoms with Gasteiger partial charge in [0.2, 0.25) is 17.5 Å². The van der Waals surface area contributed by atoms with Gasteiger partial charge in [-0.05, 0) is 29.7 Å². The molecule has 1 atom stereocenters. The number of rotatable bonds is 7. The number of nitrogens with two attached hydrogens (primary N) is 1. The smallest absolute Gasteiger partial charge is 0.410 e. The fraction of sp³-hybridized carbons (Fsp3) is 0.286. The molecule has 1 aromatic heterocycles. The lowest BCUT2D eigenvalue weighted by molar-refractivity contribution is -0.0395. The van der Waals surface area contributed by atoms with Gasteiger partial charge in [0.15, 0.2) is 5.58 Å². The van der Waals surface area contributed by atoms with Gasteiger partial charge in [0.1, 0.15) is 12.1 Å². The van der Waals surface area contributed by atoms with Gasteiger partial charge in [0.05, 0.1) is 0 Å². The van der Waals surface area contributed by atoms with E-state index in [0.717, 1.165) is 5.56 Å². The summed E-state index contributed by atoms with van der Waals surface area (Å²) in [6.07, 6.45) is -0.666. The first-order chi connectivity index (χ1) is 13.8. The Kier molecular flexibility index (Phi) is 5.84. The molecule has 0 radical (unpaired) electrons. The molecule has 2 amide bonds. The number of primary amides is 1. The van der Waals surface area contributed by atoms with Gasteiger partial charge >= 0.3 is 6.09 Å². The summed E-state index contributed by atoms with van der Waals surface area (Å²) in [6.45, 7) is 3.82. The van der Waals surface area contributed by atoms with Crippen molar-refractivity contribution in [2.24, 2.45) is 11.7 Å². The highest BCUT2D eigenvalue weighted by Crippen LogP contribution is 2.29. The first kappa shape index (κ1) is 20.3. The van der Waals surface area contributed by atoms with Crippen LogP contribution in [0.2, 0.25) is 0 Å². The number of carbonyl (C=O) groups excluding carboxylic acids is 2. The van der Waals surface area contributed by atoms with Crippen LogP contribution < -0.4 is 11.1 Å². The maximum Gasteiger partial charge on any atom is 0.410 e. The number of oxazole rings is 1. The number of fused-ring (bicyclic) bond motifs is 1. The van der Waals surface area contributed by atoms with Crippen LogP contribution >= 0.6 is 0 Å². The molecule has 0 fully saturated rings. The van der Waals surface area contributed by atoms with Crippen LogP contribution in [0.15, 0.2) is 52.9 Å². The van der Waals surface area contributed by atoms with Crippen molar-refractivity contribution in [3.05, 3.63) is 65.5 Å². The molecule has 8 nitrogen and oxygen atoms in total. The molecule has 8 heteroatoms. The Morgan fingerprint density at radius 2 is 1.97 bits per heavy atom. The third kappa shape index (κ3) is 4.91. The van der Waals surface area contributed by atoms with Crippen LogP contribution in [0.5, 0.6) is 0 Å². The molecule has 152 valence electrons. The Hall–Kier alpha value is -3.39. The van der Waals surface area contributed by atoms with Crippen LogP contribution in [-0.2, 0) is 17.1 Å². The Labute approximate surface area is 167 Å². The average Bonchev–Trinajstić information content (AvgIpc) is 3.10. The van der Waals surface area contributed by atoms with E-state index in [0.29, 0.717) is 11.1 Å². The zero-order valence-corrected chi connectivity index (χ0v) is 16.2. The number of hydrogen-bond acceptors (Lipinski definition) is 6. The summed E-state index contributed by atoms with van der Waals surface area (Å²) in [6, 6.07) is 13.7. The van der Waals surface area contributed by atoms with Crippen molar-refractivity contribution in [1.82, 2.24) is 10.3 Å². The van der Waals surface area contributed by atoms with E-state index in [9.17, 15) is 14.7 Å². The quantitative estimate of drug-likeness (QED) is 0.526. The van der Waals surface area contributed by atoms with Crippen molar-refractivity contribution in [3.8, 4) is 0 Å². The zero-order chi connectivity index (χ0) is 21.0. The lowest BCUT2D eigenvalue weighted by atomic mass is 10.0. The summed E-state index contributed by atoms with van der Waals surface area (Å²) in [5, 5.41) is 13.6. The van der Waals surface area contributed by atoms with Crippen LogP contribution in [0.4, 0.5) is 4.79 Å². The van der Waals surface area contributed by atoms with Crippen LogP contribution in [0.3, 0.4) is 0 Å². The summed E-state index contributed by atoms with van der Waals surface area (Å²) in [5.41, 5.74) is 5.19. The van der Waals surface area contributed by atoms with Crippen LogP contribution in [0.25, 0.3) is 11.1 Å². The third-order valence-electron chi connectivity index (χ3n) is 4.25. The van der Waals surface area contributed by atoms with Gasteiger partial charge < -0.3 is 20.0 Å². The monoisotopic (exact) mass is 397 g/mol. The second-order valence-electron chi connectivity index (χ2n) is 7.21. The van der Waals surface area contributed by atoms with Crippen molar-refractivity contribution in [2.45, 2.75) is 32.6 Å². The predicted octanol–water partition coefficient (Wildman–Crippen LogP) is 3.04. The summed E-state index contributed by atoms with van der Waals surface area (Å²) in [5.74, 6) is -0.693. The number of hydrogen-bond donors (Lipinski definition) is 3. The molecule has 3 aromatic rings. The molecule has 1 unspecified atom stereocenters. The highest BCUT2D eigenvalue weighted by molar-refractivity contribution is 5.95. The van der Waals surface area contributed by atoms with E-state index in [-0.39, 0.29) is 30.4 Å². The molecule has 0 saturated carbocycles. The first-order valence-electron chi connectivity index (χ1n) is 9.19. The second-order valence-corrected chi connectivity index (χ2v) is 7.21. The van der Waals surface area contributed by atoms with E-state index in [1.54, 1.807) is 0 Å². The van der Waals surface area contributed by atoms with Crippen molar-refractivity contribution in [3.63, 3.8) is 0 Å². The molecule has 0 bridgehead atoms. The fourth-order valence-corrected chi connectivity index (χ4v) is 2.97. The Morgan fingerprint density at radius 1 is 1.24 bits per heavy atom. The Balaban J connectivity index is 1.82. The lowest BCUT2D eigenvalue weighted by Crippen LogP contribution is -2.47. The molecule has 3 rings (SSSR count). The number of aromatic nitrogens is 1. The number of carbonyl (C=O) groups is 2. The highest BCUT2D eigenvalue weighted by atomic mass is 16.6. The van der Waals surface area contributed by atoms with E-state index in [4.69, 9.17) is 14.9 Å². The number of nitrogens with zero attached hydrogens (tertiary/aromatic N) is 1. The van der Waals surface area contributed by atoms with Crippen LogP contribution in [0, 0.1) is 5.92 Å². The molecule has 4 N–H and O–H groups in total. The minimum atomic E-state index is -1.88. The molecular weight excluding hydrogens is 374 g/mol. The zero-order valence-electron chi connectivity index (χ0n) is 16.2. The molecule has 0 saturated heterocycles. The molecule has 0 aliphatic carbocycles. The highest BCUT2D eigenvalue weighted by Gasteiger charge is 2.38. The minimum absolute atomic E-state index is 0.00520. The Morgan fingerprint density at radius 3 is 2.62 bits per heavy atom. The molecule has 0 spiro atoms. The normalized spacial score (nSPS) is 13.2. The van der Waals surface area contributed by atoms with Gasteiger partial charge in [-0.1, -0.05) is 44.2 Å². The minimum Gasteiger partial charge on any atom is -0.445 e. The van der Waals surface area contributed by atoms with E-state index >= 15 is 0 Å². The number of ether oxygens (including phenoxy) is 1. The number of aliphatic hydroxyl groups is 1. The van der Waals surface area contributed by atoms with Gasteiger partial charge in [-0.15, -0.1) is 0 Å². The van der Waals surface area contributed by atoms with Gasteiger partial charge in [-0.3, -0.25) is 10.1 Å². The maximum atomic E-state index is 12.3. The molecule has 29 heavy (non-hydrogen) atoms. The SMILES string of the molecule is CC(C)CC(O)(NC(=O)OCc1ccccc1)c1nc2cc(C(N)=O)ccc2o1. The molecule has 1 heterocycles. The summed E-state index contributed by atoms with van der Waals surface area (Å²) in [4.78, 5) is 27.9. The van der Waals surface area contributed by atoms with Crippen LogP contribution in [0.1, 0.15) is 42.1 Å². The first-order valence-corrected chi connectivity index (χ1v) is 9.19. The van der Waals surface area contributed by atoms with E-state index < -0.39 is 17.7 Å². The number of nitrogens with one attached hydrogen (secondary N) is 1. The molecule has 2 aromatic carbocycles. The summed E-state index contributed by atoms with van der Waals surface area (Å²) < 4.78 is 10.9. The molecular formula is C21H23N3O5. The van der Waals surface area contributed by atoms with Crippen molar-refractivity contribution in [2.75, 3.05) is 0 Å². The number of amides is 2. The van der Waals surface area contributed by atoms with Gasteiger partial charge in [0.25, 0.3) is 0 Å². The topological polar surface area (TPSA) is 128 Å². The second kappa shape index (κ2) is 8.32. The summed E-state index contributed by atoms with van der Waals surface area (Å²) in [7, 11) is 0.